The highest BCUT2D eigenvalue weighted by atomic mass is 16.5. The van der Waals surface area contributed by atoms with Crippen molar-refractivity contribution in [3.8, 4) is 0 Å². The number of hydrogen-bond acceptors (Lipinski definition) is 4. The summed E-state index contributed by atoms with van der Waals surface area (Å²) in [5, 5.41) is 0. The van der Waals surface area contributed by atoms with Gasteiger partial charge in [0.25, 0.3) is 0 Å². The average Bonchev–Trinajstić information content (AvgIpc) is 2.45. The smallest absolute Gasteiger partial charge is 0.326 e. The molecule has 0 radical (unpaired) electrons. The maximum absolute atomic E-state index is 12.2. The third-order valence-electron chi connectivity index (χ3n) is 5.63. The summed E-state index contributed by atoms with van der Waals surface area (Å²) in [7, 11) is 1.95. The van der Waals surface area contributed by atoms with Crippen LogP contribution in [0.1, 0.15) is 26.7 Å². The van der Waals surface area contributed by atoms with Gasteiger partial charge in [0.1, 0.15) is 12.6 Å². The Bertz CT molecular complexity index is 429. The molecule has 4 heteroatoms. The number of nitrogens with zero attached hydrogens (tertiary/aromatic N) is 1. The highest BCUT2D eigenvalue weighted by Crippen LogP contribution is 2.59. The van der Waals surface area contributed by atoms with Gasteiger partial charge in [0.15, 0.2) is 0 Å². The number of carbonyl (C=O) groups excluding carboxylic acids is 1. The summed E-state index contributed by atoms with van der Waals surface area (Å²) in [5.41, 5.74) is 1.71. The monoisotopic (exact) mass is 279 g/mol. The summed E-state index contributed by atoms with van der Waals surface area (Å²) < 4.78 is 10.9. The molecular formula is C16H25NO3. The Morgan fingerprint density at radius 2 is 2.35 bits per heavy atom. The molecule has 0 aromatic rings. The third-order valence-corrected chi connectivity index (χ3v) is 5.63. The topological polar surface area (TPSA) is 38.8 Å². The second-order valence-electron chi connectivity index (χ2n) is 7.00. The molecule has 4 rings (SSSR count). The van der Waals surface area contributed by atoms with E-state index in [1.165, 1.54) is 12.0 Å². The molecule has 0 N–H and O–H groups in total. The Morgan fingerprint density at radius 1 is 1.55 bits per heavy atom. The second kappa shape index (κ2) is 5.15. The van der Waals surface area contributed by atoms with Gasteiger partial charge in [-0.05, 0) is 42.7 Å². The van der Waals surface area contributed by atoms with E-state index in [4.69, 9.17) is 9.47 Å². The van der Waals surface area contributed by atoms with Crippen molar-refractivity contribution in [2.75, 3.05) is 33.4 Å². The van der Waals surface area contributed by atoms with Crippen LogP contribution in [0.4, 0.5) is 0 Å². The molecule has 1 heterocycles. The first-order valence-electron chi connectivity index (χ1n) is 7.63. The average molecular weight is 279 g/mol. The van der Waals surface area contributed by atoms with Crippen LogP contribution in [0.5, 0.6) is 0 Å². The molecule has 1 aliphatic heterocycles. The van der Waals surface area contributed by atoms with Crippen LogP contribution >= 0.6 is 0 Å². The van der Waals surface area contributed by atoms with E-state index < -0.39 is 0 Å². The van der Waals surface area contributed by atoms with Crippen molar-refractivity contribution in [3.05, 3.63) is 11.6 Å². The fourth-order valence-electron chi connectivity index (χ4n) is 3.83. The minimum absolute atomic E-state index is 0.146. The molecule has 0 spiro atoms. The van der Waals surface area contributed by atoms with Crippen LogP contribution in [0.3, 0.4) is 0 Å². The van der Waals surface area contributed by atoms with Crippen molar-refractivity contribution in [3.63, 3.8) is 0 Å². The van der Waals surface area contributed by atoms with Gasteiger partial charge in [-0.1, -0.05) is 19.9 Å². The third kappa shape index (κ3) is 2.29. The maximum Gasteiger partial charge on any atom is 0.326 e. The zero-order valence-corrected chi connectivity index (χ0v) is 12.7. The van der Waals surface area contributed by atoms with E-state index in [1.54, 1.807) is 0 Å². The van der Waals surface area contributed by atoms with Gasteiger partial charge in [-0.25, -0.2) is 0 Å². The molecule has 4 nitrogen and oxygen atoms in total. The first-order chi connectivity index (χ1) is 9.50. The van der Waals surface area contributed by atoms with E-state index in [-0.39, 0.29) is 12.0 Å². The van der Waals surface area contributed by atoms with Crippen LogP contribution in [0.25, 0.3) is 0 Å². The highest BCUT2D eigenvalue weighted by Gasteiger charge is 2.51. The number of hydrogen-bond donors (Lipinski definition) is 0. The Labute approximate surface area is 121 Å². The Hall–Kier alpha value is -0.870. The van der Waals surface area contributed by atoms with Gasteiger partial charge >= 0.3 is 5.97 Å². The molecule has 3 aliphatic carbocycles. The summed E-state index contributed by atoms with van der Waals surface area (Å²) in [4.78, 5) is 14.2. The zero-order valence-electron chi connectivity index (χ0n) is 12.7. The van der Waals surface area contributed by atoms with E-state index in [0.717, 1.165) is 18.9 Å². The molecule has 0 amide bonds. The van der Waals surface area contributed by atoms with Crippen LogP contribution in [0.2, 0.25) is 0 Å². The van der Waals surface area contributed by atoms with Crippen molar-refractivity contribution in [1.29, 1.82) is 0 Å². The lowest BCUT2D eigenvalue weighted by atomic mass is 9.49. The number of fused-ring (bicyclic) bond motifs is 1. The molecule has 4 aliphatic rings. The lowest BCUT2D eigenvalue weighted by Gasteiger charge is -2.56. The van der Waals surface area contributed by atoms with E-state index in [2.05, 4.69) is 19.9 Å². The molecule has 1 saturated heterocycles. The van der Waals surface area contributed by atoms with Crippen molar-refractivity contribution in [1.82, 2.24) is 4.90 Å². The fourth-order valence-corrected chi connectivity index (χ4v) is 3.83. The van der Waals surface area contributed by atoms with Gasteiger partial charge < -0.3 is 9.47 Å². The first kappa shape index (κ1) is 14.1. The van der Waals surface area contributed by atoms with Gasteiger partial charge in [-0.3, -0.25) is 9.69 Å². The van der Waals surface area contributed by atoms with Crippen molar-refractivity contribution < 1.29 is 14.3 Å². The summed E-state index contributed by atoms with van der Waals surface area (Å²) in [6.07, 6.45) is 4.70. The number of esters is 1. The molecule has 0 aromatic heterocycles. The maximum atomic E-state index is 12.2. The fraction of sp³-hybridized carbons (Fsp3) is 0.812. The normalized spacial score (nSPS) is 36.0. The van der Waals surface area contributed by atoms with Crippen LogP contribution < -0.4 is 0 Å². The molecule has 112 valence electrons. The van der Waals surface area contributed by atoms with E-state index in [0.29, 0.717) is 31.2 Å². The van der Waals surface area contributed by atoms with E-state index in [1.807, 2.05) is 11.9 Å². The molecule has 2 bridgehead atoms. The number of ether oxygens (including phenoxy) is 2. The second-order valence-corrected chi connectivity index (χ2v) is 7.00. The Kier molecular flexibility index (Phi) is 3.63. The van der Waals surface area contributed by atoms with Gasteiger partial charge in [-0.2, -0.15) is 0 Å². The number of morpholine rings is 1. The standard InChI is InChI=1S/C16H25NO3/c1-16(2)12-5-4-11(13(16)8-12)9-20-15(18)14-10-19-7-6-17(14)3/h4,12-14H,5-10H2,1-3H3/t12-,13-,14-/m0/s1. The molecule has 0 aromatic carbocycles. The molecule has 3 atom stereocenters. The quantitative estimate of drug-likeness (QED) is 0.584. The van der Waals surface area contributed by atoms with Gasteiger partial charge in [-0.15, -0.1) is 0 Å². The van der Waals surface area contributed by atoms with Crippen molar-refractivity contribution in [2.45, 2.75) is 32.7 Å². The highest BCUT2D eigenvalue weighted by molar-refractivity contribution is 5.76. The summed E-state index contributed by atoms with van der Waals surface area (Å²) in [6.45, 7) is 7.07. The van der Waals surface area contributed by atoms with Gasteiger partial charge in [0.05, 0.1) is 13.2 Å². The van der Waals surface area contributed by atoms with Gasteiger partial charge in [0, 0.05) is 6.54 Å². The van der Waals surface area contributed by atoms with Gasteiger partial charge in [0.2, 0.25) is 0 Å². The first-order valence-corrected chi connectivity index (χ1v) is 7.63. The number of allylic oxidation sites excluding steroid dienone is 1. The lowest BCUT2D eigenvalue weighted by molar-refractivity contribution is -0.155. The van der Waals surface area contributed by atoms with Crippen molar-refractivity contribution >= 4 is 5.97 Å². The van der Waals surface area contributed by atoms with Crippen LogP contribution in [-0.2, 0) is 14.3 Å². The van der Waals surface area contributed by atoms with Crippen LogP contribution in [0.15, 0.2) is 11.6 Å². The molecular weight excluding hydrogens is 254 g/mol. The minimum atomic E-state index is -0.241. The number of rotatable bonds is 3. The Balaban J connectivity index is 1.55. The zero-order chi connectivity index (χ0) is 14.3. The Morgan fingerprint density at radius 3 is 3.00 bits per heavy atom. The summed E-state index contributed by atoms with van der Waals surface area (Å²) in [5.74, 6) is 1.28. The van der Waals surface area contributed by atoms with Crippen LogP contribution in [-0.4, -0.2) is 50.3 Å². The molecule has 0 unspecified atom stereocenters. The summed E-state index contributed by atoms with van der Waals surface area (Å²) >= 11 is 0. The number of likely N-dealkylation sites (N-methyl/N-ethyl adjacent to an activating group) is 1. The molecule has 20 heavy (non-hydrogen) atoms. The largest absolute Gasteiger partial charge is 0.460 e. The van der Waals surface area contributed by atoms with E-state index in [9.17, 15) is 4.79 Å². The SMILES string of the molecule is CN1CCOC[C@H]1C(=O)OCC1=CC[C@H]2C[C@@H]1C2(C)C. The predicted molar refractivity (Wildman–Crippen MR) is 76.3 cm³/mol. The summed E-state index contributed by atoms with van der Waals surface area (Å²) in [6, 6.07) is -0.241. The molecule has 1 saturated carbocycles. The molecule has 2 fully saturated rings. The van der Waals surface area contributed by atoms with E-state index >= 15 is 0 Å². The van der Waals surface area contributed by atoms with Crippen LogP contribution in [0, 0.1) is 17.3 Å². The number of carbonyl (C=O) groups is 1. The predicted octanol–water partition coefficient (Wildman–Crippen LogP) is 1.85. The lowest BCUT2D eigenvalue weighted by Crippen LogP contribution is -2.50. The van der Waals surface area contributed by atoms with Crippen molar-refractivity contribution in [2.24, 2.45) is 17.3 Å². The minimum Gasteiger partial charge on any atom is -0.460 e.